The van der Waals surface area contributed by atoms with Gasteiger partial charge in [0.2, 0.25) is 0 Å². The van der Waals surface area contributed by atoms with Crippen molar-refractivity contribution in [1.29, 1.82) is 0 Å². The van der Waals surface area contributed by atoms with Crippen molar-refractivity contribution in [1.82, 2.24) is 0 Å². The Balaban J connectivity index is 2.93. The van der Waals surface area contributed by atoms with Crippen molar-refractivity contribution in [2.45, 2.75) is 56.6 Å². The molecule has 1 fully saturated rings. The first-order valence-corrected chi connectivity index (χ1v) is 6.49. The summed E-state index contributed by atoms with van der Waals surface area (Å²) < 4.78 is 0.601. The van der Waals surface area contributed by atoms with Crippen molar-refractivity contribution in [3.8, 4) is 0 Å². The summed E-state index contributed by atoms with van der Waals surface area (Å²) >= 11 is 0. The van der Waals surface area contributed by atoms with Crippen LogP contribution in [0.1, 0.15) is 44.9 Å². The van der Waals surface area contributed by atoms with E-state index in [9.17, 15) is 15.0 Å². The number of carbonyl (C=O) groups is 1. The predicted molar refractivity (Wildman–Crippen MR) is 64.1 cm³/mol. The predicted octanol–water partition coefficient (Wildman–Crippen LogP) is 0.287. The molecule has 0 amide bonds. The number of likely N-dealkylation sites (N-methyl/N-ethyl adjacent to an activating group) is 1. The van der Waals surface area contributed by atoms with Crippen LogP contribution in [0.5, 0.6) is 0 Å². The molecule has 0 bridgehead atoms. The normalized spacial score (nSPS) is 31.6. The van der Waals surface area contributed by atoms with Crippen LogP contribution in [-0.4, -0.2) is 48.3 Å². The van der Waals surface area contributed by atoms with E-state index in [0.717, 1.165) is 25.7 Å². The van der Waals surface area contributed by atoms with E-state index in [1.165, 1.54) is 6.42 Å². The van der Waals surface area contributed by atoms with Gasteiger partial charge in [0.15, 0.2) is 0 Å². The Morgan fingerprint density at radius 2 is 1.88 bits per heavy atom. The van der Waals surface area contributed by atoms with Gasteiger partial charge in [0.25, 0.3) is 0 Å². The maximum Gasteiger partial charge on any atom is 0.121 e. The molecule has 0 spiro atoms. The third-order valence-corrected chi connectivity index (χ3v) is 3.84. The van der Waals surface area contributed by atoms with E-state index in [4.69, 9.17) is 0 Å². The van der Waals surface area contributed by atoms with Crippen LogP contribution in [0.2, 0.25) is 0 Å². The molecular formula is C13H25NO3. The van der Waals surface area contributed by atoms with Crippen LogP contribution < -0.4 is 5.11 Å². The van der Waals surface area contributed by atoms with Crippen molar-refractivity contribution in [3.05, 3.63) is 0 Å². The first-order valence-electron chi connectivity index (χ1n) is 6.49. The Kier molecular flexibility index (Phi) is 4.55. The molecule has 1 aliphatic carbocycles. The van der Waals surface area contributed by atoms with Crippen molar-refractivity contribution >= 4 is 5.97 Å². The summed E-state index contributed by atoms with van der Waals surface area (Å²) in [5, 5.41) is 21.6. The van der Waals surface area contributed by atoms with E-state index in [0.29, 0.717) is 10.9 Å². The van der Waals surface area contributed by atoms with Crippen LogP contribution in [0.3, 0.4) is 0 Å². The van der Waals surface area contributed by atoms with Gasteiger partial charge in [-0.25, -0.2) is 0 Å². The molecule has 0 saturated heterocycles. The van der Waals surface area contributed by atoms with Crippen LogP contribution in [0, 0.1) is 0 Å². The summed E-state index contributed by atoms with van der Waals surface area (Å²) in [6.07, 6.45) is 5.44. The van der Waals surface area contributed by atoms with Gasteiger partial charge in [-0.15, -0.1) is 0 Å². The lowest BCUT2D eigenvalue weighted by Gasteiger charge is -2.45. The summed E-state index contributed by atoms with van der Waals surface area (Å²) in [4.78, 5) is 10.9. The minimum atomic E-state index is -1.15. The number of aliphatic hydroxyl groups is 1. The van der Waals surface area contributed by atoms with Gasteiger partial charge in [0.05, 0.1) is 21.1 Å². The highest BCUT2D eigenvalue weighted by Crippen LogP contribution is 2.33. The molecule has 0 heterocycles. The van der Waals surface area contributed by atoms with Gasteiger partial charge in [-0.1, -0.05) is 19.3 Å². The summed E-state index contributed by atoms with van der Waals surface area (Å²) in [5.74, 6) is -1.15. The Morgan fingerprint density at radius 3 is 2.41 bits per heavy atom. The average Bonchev–Trinajstić information content (AvgIpc) is 2.09. The van der Waals surface area contributed by atoms with E-state index in [2.05, 4.69) is 0 Å². The number of quaternary nitrogens is 1. The number of rotatable bonds is 3. The molecule has 4 heteroatoms. The van der Waals surface area contributed by atoms with Crippen LogP contribution >= 0.6 is 0 Å². The minimum absolute atomic E-state index is 0.0271. The fourth-order valence-corrected chi connectivity index (χ4v) is 3.12. The van der Waals surface area contributed by atoms with Crippen LogP contribution in [0.15, 0.2) is 0 Å². The highest BCUT2D eigenvalue weighted by Gasteiger charge is 2.44. The van der Waals surface area contributed by atoms with Crippen LogP contribution in [0.4, 0.5) is 0 Å². The Hall–Kier alpha value is -0.610. The van der Waals surface area contributed by atoms with Gasteiger partial charge >= 0.3 is 0 Å². The lowest BCUT2D eigenvalue weighted by atomic mass is 9.79. The number of hydrogen-bond acceptors (Lipinski definition) is 3. The van der Waals surface area contributed by atoms with E-state index in [1.807, 2.05) is 21.1 Å². The second-order valence-electron chi connectivity index (χ2n) is 6.24. The van der Waals surface area contributed by atoms with Crippen molar-refractivity contribution < 1.29 is 19.5 Å². The summed E-state index contributed by atoms with van der Waals surface area (Å²) in [6, 6.07) is -0.0271. The molecule has 1 saturated carbocycles. The first-order chi connectivity index (χ1) is 7.76. The third kappa shape index (κ3) is 3.96. The monoisotopic (exact) mass is 243 g/mol. The molecule has 0 aromatic rings. The largest absolute Gasteiger partial charge is 0.550 e. The average molecular weight is 243 g/mol. The molecule has 1 N–H and O–H groups in total. The molecular weight excluding hydrogens is 218 g/mol. The zero-order chi connectivity index (χ0) is 13.1. The van der Waals surface area contributed by atoms with E-state index < -0.39 is 11.6 Å². The van der Waals surface area contributed by atoms with Crippen molar-refractivity contribution in [2.75, 3.05) is 21.1 Å². The fourth-order valence-electron chi connectivity index (χ4n) is 3.12. The second-order valence-corrected chi connectivity index (χ2v) is 6.24. The second kappa shape index (κ2) is 5.36. The molecule has 1 rings (SSSR count). The molecule has 0 radical (unpaired) electrons. The third-order valence-electron chi connectivity index (χ3n) is 3.84. The lowest BCUT2D eigenvalue weighted by molar-refractivity contribution is -0.904. The molecule has 100 valence electrons. The molecule has 4 nitrogen and oxygen atoms in total. The van der Waals surface area contributed by atoms with Gasteiger partial charge in [-0.3, -0.25) is 0 Å². The molecule has 0 aromatic carbocycles. The molecule has 0 aromatic heterocycles. The van der Waals surface area contributed by atoms with Crippen LogP contribution in [-0.2, 0) is 4.79 Å². The standard InChI is InChI=1S/C13H25NO3/c1-14(2,3)11-8-6-4-5-7-9-13(11,17)10-12(15)16/h11,17H,4-10H2,1-3H3. The van der Waals surface area contributed by atoms with Gasteiger partial charge in [0.1, 0.15) is 11.6 Å². The maximum atomic E-state index is 10.9. The molecule has 1 aliphatic rings. The van der Waals surface area contributed by atoms with Gasteiger partial charge in [0, 0.05) is 18.8 Å². The first kappa shape index (κ1) is 14.5. The summed E-state index contributed by atoms with van der Waals surface area (Å²) in [7, 11) is 6.06. The van der Waals surface area contributed by atoms with E-state index >= 15 is 0 Å². The number of aliphatic carboxylic acids is 1. The Morgan fingerprint density at radius 1 is 1.29 bits per heavy atom. The lowest BCUT2D eigenvalue weighted by Crippen LogP contribution is -2.60. The van der Waals surface area contributed by atoms with Gasteiger partial charge in [-0.05, 0) is 12.8 Å². The minimum Gasteiger partial charge on any atom is -0.550 e. The number of carbonyl (C=O) groups excluding carboxylic acids is 1. The molecule has 0 aliphatic heterocycles. The van der Waals surface area contributed by atoms with E-state index in [1.54, 1.807) is 0 Å². The summed E-state index contributed by atoms with van der Waals surface area (Å²) in [6.45, 7) is 0. The van der Waals surface area contributed by atoms with Gasteiger partial charge < -0.3 is 19.5 Å². The number of carboxylic acids is 1. The quantitative estimate of drug-likeness (QED) is 0.725. The summed E-state index contributed by atoms with van der Waals surface area (Å²) in [5.41, 5.74) is -1.11. The number of carboxylic acid groups (broad SMARTS) is 1. The molecule has 17 heavy (non-hydrogen) atoms. The zero-order valence-electron chi connectivity index (χ0n) is 11.2. The molecule has 2 unspecified atom stereocenters. The highest BCUT2D eigenvalue weighted by atomic mass is 16.4. The smallest absolute Gasteiger partial charge is 0.121 e. The van der Waals surface area contributed by atoms with Crippen molar-refractivity contribution in [2.24, 2.45) is 0 Å². The van der Waals surface area contributed by atoms with Crippen molar-refractivity contribution in [3.63, 3.8) is 0 Å². The fraction of sp³-hybridized carbons (Fsp3) is 0.923. The van der Waals surface area contributed by atoms with Crippen LogP contribution in [0.25, 0.3) is 0 Å². The Bertz CT molecular complexity index is 272. The topological polar surface area (TPSA) is 60.4 Å². The number of hydrogen-bond donors (Lipinski definition) is 1. The Labute approximate surface area is 104 Å². The highest BCUT2D eigenvalue weighted by molar-refractivity contribution is 5.65. The zero-order valence-corrected chi connectivity index (χ0v) is 11.2. The molecule has 2 atom stereocenters. The SMILES string of the molecule is C[N+](C)(C)C1CCCCCCC1(O)CC(=O)[O-]. The maximum absolute atomic E-state index is 10.9. The van der Waals surface area contributed by atoms with E-state index in [-0.39, 0.29) is 12.5 Å². The number of nitrogens with zero attached hydrogens (tertiary/aromatic N) is 1. The van der Waals surface area contributed by atoms with Gasteiger partial charge in [-0.2, -0.15) is 0 Å².